The first kappa shape index (κ1) is 25.3. The van der Waals surface area contributed by atoms with Crippen LogP contribution in [0, 0.1) is 5.41 Å². The molecule has 7 heteroatoms. The lowest BCUT2D eigenvalue weighted by molar-refractivity contribution is 0.238. The van der Waals surface area contributed by atoms with Gasteiger partial charge in [0.2, 0.25) is 0 Å². The molecule has 5 N–H and O–H groups in total. The van der Waals surface area contributed by atoms with Gasteiger partial charge in [-0.05, 0) is 61.7 Å². The molecule has 2 heterocycles. The summed E-state index contributed by atoms with van der Waals surface area (Å²) < 4.78 is 0. The van der Waals surface area contributed by atoms with Crippen LogP contribution in [0.1, 0.15) is 37.0 Å². The van der Waals surface area contributed by atoms with Crippen LogP contribution in [0.3, 0.4) is 0 Å². The maximum absolute atomic E-state index is 8.12. The van der Waals surface area contributed by atoms with E-state index in [0.29, 0.717) is 18.2 Å². The van der Waals surface area contributed by atoms with E-state index in [-0.39, 0.29) is 6.04 Å². The normalized spacial score (nSPS) is 15.9. The molecule has 34 heavy (non-hydrogen) atoms. The number of benzene rings is 1. The molecule has 1 aromatic heterocycles. The summed E-state index contributed by atoms with van der Waals surface area (Å²) in [5.74, 6) is 1.98. The molecule has 0 saturated carbocycles. The lowest BCUT2D eigenvalue weighted by atomic mass is 9.93. The lowest BCUT2D eigenvalue weighted by Gasteiger charge is -2.37. The van der Waals surface area contributed by atoms with Crippen molar-refractivity contribution in [2.45, 2.75) is 39.3 Å². The van der Waals surface area contributed by atoms with Crippen molar-refractivity contribution < 1.29 is 0 Å². The van der Waals surface area contributed by atoms with E-state index in [2.05, 4.69) is 75.7 Å². The first-order valence-electron chi connectivity index (χ1n) is 12.2. The van der Waals surface area contributed by atoms with Crippen LogP contribution in [0.2, 0.25) is 0 Å². The van der Waals surface area contributed by atoms with Crippen LogP contribution in [0.5, 0.6) is 0 Å². The van der Waals surface area contributed by atoms with Crippen molar-refractivity contribution in [3.05, 3.63) is 77.3 Å². The smallest absolute Gasteiger partial charge is 0.128 e. The van der Waals surface area contributed by atoms with Crippen LogP contribution in [-0.4, -0.2) is 55.0 Å². The van der Waals surface area contributed by atoms with E-state index < -0.39 is 0 Å². The van der Waals surface area contributed by atoms with Gasteiger partial charge in [0.15, 0.2) is 0 Å². The van der Waals surface area contributed by atoms with Gasteiger partial charge in [-0.3, -0.25) is 5.41 Å². The summed E-state index contributed by atoms with van der Waals surface area (Å²) in [6.45, 7) is 8.43. The number of hydrogen-bond donors (Lipinski definition) is 4. The molecule has 0 fully saturated rings. The van der Waals surface area contributed by atoms with E-state index in [0.717, 1.165) is 44.8 Å². The van der Waals surface area contributed by atoms with Crippen LogP contribution in [-0.2, 0) is 13.0 Å². The highest BCUT2D eigenvalue weighted by Gasteiger charge is 2.23. The van der Waals surface area contributed by atoms with Gasteiger partial charge in [0.25, 0.3) is 0 Å². The minimum Gasteiger partial charge on any atom is -0.385 e. The molecule has 0 spiro atoms. The number of rotatable bonds is 11. The van der Waals surface area contributed by atoms with Gasteiger partial charge < -0.3 is 26.2 Å². The standard InChI is InChI=1S/C27H39N7/c1-4-15-33(27-9-5-6-12-32-27)16-7-8-22-10-11-23-17-21(2)34(20-24(23)18-22)26(29)19-25(28)31-14-13-30-3/h5-12,18-19,21,30H,4,13-17,20,29H2,1-3H3,(H2,28,31)/b8-7+,26-19+. The molecule has 0 radical (unpaired) electrons. The fourth-order valence-corrected chi connectivity index (χ4v) is 4.24. The Hall–Kier alpha value is -3.32. The quantitative estimate of drug-likeness (QED) is 0.233. The van der Waals surface area contributed by atoms with Crippen molar-refractivity contribution >= 4 is 17.7 Å². The highest BCUT2D eigenvalue weighted by Crippen LogP contribution is 2.26. The molecule has 7 nitrogen and oxygen atoms in total. The van der Waals surface area contributed by atoms with E-state index in [9.17, 15) is 0 Å². The summed E-state index contributed by atoms with van der Waals surface area (Å²) in [6.07, 6.45) is 9.99. The first-order valence-corrected chi connectivity index (χ1v) is 12.2. The molecule has 0 bridgehead atoms. The Morgan fingerprint density at radius 3 is 2.85 bits per heavy atom. The van der Waals surface area contributed by atoms with Gasteiger partial charge >= 0.3 is 0 Å². The maximum atomic E-state index is 8.12. The molecule has 0 aliphatic carbocycles. The molecule has 1 aliphatic rings. The van der Waals surface area contributed by atoms with E-state index >= 15 is 0 Å². The number of nitrogens with two attached hydrogens (primary N) is 1. The number of anilines is 1. The zero-order valence-corrected chi connectivity index (χ0v) is 20.7. The summed E-state index contributed by atoms with van der Waals surface area (Å²) in [6, 6.07) is 13.0. The third kappa shape index (κ3) is 7.09. The molecule has 1 atom stereocenters. The number of likely N-dealkylation sites (N-methyl/N-ethyl adjacent to an activating group) is 1. The lowest BCUT2D eigenvalue weighted by Crippen LogP contribution is -2.41. The van der Waals surface area contributed by atoms with Crippen molar-refractivity contribution in [3.63, 3.8) is 0 Å². The van der Waals surface area contributed by atoms with E-state index in [1.165, 1.54) is 16.7 Å². The fourth-order valence-electron chi connectivity index (χ4n) is 4.24. The van der Waals surface area contributed by atoms with Gasteiger partial charge in [0.1, 0.15) is 17.5 Å². The SMILES string of the molecule is CCCN(C/C=C/c1ccc2c(c1)CN(/C(N)=C/C(=N)NCCNC)C(C)C2)c1ccccn1. The second-order valence-corrected chi connectivity index (χ2v) is 8.76. The maximum Gasteiger partial charge on any atom is 0.128 e. The monoisotopic (exact) mass is 461 g/mol. The molecule has 3 rings (SSSR count). The number of pyridine rings is 1. The Balaban J connectivity index is 1.67. The number of aromatic nitrogens is 1. The first-order chi connectivity index (χ1) is 16.5. The average molecular weight is 462 g/mol. The number of fused-ring (bicyclic) bond motifs is 1. The van der Waals surface area contributed by atoms with Gasteiger partial charge in [-0.1, -0.05) is 37.3 Å². The molecular weight excluding hydrogens is 422 g/mol. The molecular formula is C27H39N7. The second kappa shape index (κ2) is 12.8. The summed E-state index contributed by atoms with van der Waals surface area (Å²) in [4.78, 5) is 8.98. The third-order valence-electron chi connectivity index (χ3n) is 6.04. The zero-order valence-electron chi connectivity index (χ0n) is 20.7. The molecule has 182 valence electrons. The molecule has 2 aromatic rings. The van der Waals surface area contributed by atoms with Crippen LogP contribution < -0.4 is 21.3 Å². The second-order valence-electron chi connectivity index (χ2n) is 8.76. The summed E-state index contributed by atoms with van der Waals surface area (Å²) >= 11 is 0. The molecule has 1 aliphatic heterocycles. The minimum absolute atomic E-state index is 0.288. The van der Waals surface area contributed by atoms with Crippen molar-refractivity contribution in [1.82, 2.24) is 20.5 Å². The number of nitrogens with zero attached hydrogens (tertiary/aromatic N) is 3. The van der Waals surface area contributed by atoms with Gasteiger partial charge in [0, 0.05) is 51.0 Å². The fraction of sp³-hybridized carbons (Fsp3) is 0.407. The molecule has 0 saturated heterocycles. The average Bonchev–Trinajstić information content (AvgIpc) is 2.84. The van der Waals surface area contributed by atoms with E-state index in [1.54, 1.807) is 6.08 Å². The largest absolute Gasteiger partial charge is 0.385 e. The third-order valence-corrected chi connectivity index (χ3v) is 6.04. The Morgan fingerprint density at radius 2 is 2.12 bits per heavy atom. The predicted octanol–water partition coefficient (Wildman–Crippen LogP) is 3.34. The zero-order chi connectivity index (χ0) is 24.3. The highest BCUT2D eigenvalue weighted by atomic mass is 15.2. The van der Waals surface area contributed by atoms with Crippen LogP contribution >= 0.6 is 0 Å². The summed E-state index contributed by atoms with van der Waals surface area (Å²) in [5, 5.41) is 14.3. The predicted molar refractivity (Wildman–Crippen MR) is 143 cm³/mol. The van der Waals surface area contributed by atoms with Crippen molar-refractivity contribution in [2.24, 2.45) is 5.73 Å². The van der Waals surface area contributed by atoms with Crippen LogP contribution in [0.25, 0.3) is 6.08 Å². The summed E-state index contributed by atoms with van der Waals surface area (Å²) in [7, 11) is 1.90. The molecule has 0 amide bonds. The highest BCUT2D eigenvalue weighted by molar-refractivity contribution is 5.90. The molecule has 1 unspecified atom stereocenters. The Labute approximate surface area is 204 Å². The number of hydrogen-bond acceptors (Lipinski definition) is 6. The molecule has 1 aromatic carbocycles. The summed E-state index contributed by atoms with van der Waals surface area (Å²) in [5.41, 5.74) is 10.3. The van der Waals surface area contributed by atoms with Gasteiger partial charge in [-0.15, -0.1) is 0 Å². The van der Waals surface area contributed by atoms with Crippen molar-refractivity contribution in [3.8, 4) is 0 Å². The van der Waals surface area contributed by atoms with E-state index in [1.807, 2.05) is 25.4 Å². The van der Waals surface area contributed by atoms with Crippen molar-refractivity contribution in [1.29, 1.82) is 5.41 Å². The Bertz CT molecular complexity index is 984. The number of nitrogens with one attached hydrogen (secondary N) is 3. The van der Waals surface area contributed by atoms with E-state index in [4.69, 9.17) is 11.1 Å². The van der Waals surface area contributed by atoms with Gasteiger partial charge in [0.05, 0.1) is 0 Å². The van der Waals surface area contributed by atoms with Gasteiger partial charge in [-0.25, -0.2) is 4.98 Å². The topological polar surface area (TPSA) is 93.3 Å². The van der Waals surface area contributed by atoms with Crippen LogP contribution in [0.4, 0.5) is 5.82 Å². The Morgan fingerprint density at radius 1 is 1.26 bits per heavy atom. The van der Waals surface area contributed by atoms with Crippen LogP contribution in [0.15, 0.2) is 60.6 Å². The minimum atomic E-state index is 0.288. The number of amidine groups is 1. The Kier molecular flexibility index (Phi) is 9.52. The van der Waals surface area contributed by atoms with Crippen molar-refractivity contribution in [2.75, 3.05) is 38.1 Å². The van der Waals surface area contributed by atoms with Gasteiger partial charge in [-0.2, -0.15) is 0 Å².